The zero-order valence-corrected chi connectivity index (χ0v) is 50.5. The van der Waals surface area contributed by atoms with E-state index in [1.165, 1.54) is 41.5 Å². The lowest BCUT2D eigenvalue weighted by atomic mass is 10.1. The average Bonchev–Trinajstić information content (AvgIpc) is 4.24. The fraction of sp³-hybridized carbons (Fsp3) is 0.590. The number of carbonyl (C=O) groups is 1. The number of aryl methyl sites for hydroxylation is 5. The quantitative estimate of drug-likeness (QED) is 0.0515. The monoisotopic (exact) mass is 1050 g/mol. The van der Waals surface area contributed by atoms with Gasteiger partial charge in [0.05, 0.1) is 19.8 Å². The van der Waals surface area contributed by atoms with Gasteiger partial charge >= 0.3 is 14.9 Å². The molecule has 13 heteroatoms. The molecule has 74 heavy (non-hydrogen) atoms. The highest BCUT2D eigenvalue weighted by atomic mass is 28.4. The maximum atomic E-state index is 11.9. The van der Waals surface area contributed by atoms with Crippen LogP contribution in [0.1, 0.15) is 144 Å². The van der Waals surface area contributed by atoms with Crippen LogP contribution in [0.3, 0.4) is 0 Å². The number of carbonyl (C=O) groups excluding carboxylic acids is 1. The molecule has 0 aliphatic carbocycles. The fourth-order valence-electron chi connectivity index (χ4n) is 5.64. The Labute approximate surface area is 452 Å². The molecule has 3 aliphatic rings. The molecule has 3 atom stereocenters. The highest BCUT2D eigenvalue weighted by molar-refractivity contribution is 6.60. The van der Waals surface area contributed by atoms with Crippen LogP contribution in [0.4, 0.5) is 4.79 Å². The largest absolute Gasteiger partial charge is 0.500 e. The summed E-state index contributed by atoms with van der Waals surface area (Å²) < 4.78 is 54.5. The van der Waals surface area contributed by atoms with Crippen LogP contribution in [-0.2, 0) is 27.5 Å². The Bertz CT molecular complexity index is 1840. The second kappa shape index (κ2) is 47.0. The van der Waals surface area contributed by atoms with Crippen molar-refractivity contribution in [2.75, 3.05) is 66.0 Å². The summed E-state index contributed by atoms with van der Waals surface area (Å²) in [6, 6.07) is 30.3. The van der Waals surface area contributed by atoms with Crippen molar-refractivity contribution in [3.63, 3.8) is 0 Å². The van der Waals surface area contributed by atoms with Gasteiger partial charge in [-0.25, -0.2) is 4.79 Å². The van der Waals surface area contributed by atoms with E-state index in [0.29, 0.717) is 82.7 Å². The number of hydrogen-bond donors (Lipinski definition) is 1. The van der Waals surface area contributed by atoms with Crippen molar-refractivity contribution < 1.29 is 51.2 Å². The minimum absolute atomic E-state index is 0.333. The van der Waals surface area contributed by atoms with Gasteiger partial charge in [-0.15, -0.1) is 0 Å². The lowest BCUT2D eigenvalue weighted by Gasteiger charge is -2.28. The Morgan fingerprint density at radius 1 is 0.500 bits per heavy atom. The molecule has 1 N–H and O–H groups in total. The number of rotatable bonds is 20. The van der Waals surface area contributed by atoms with Crippen molar-refractivity contribution in [1.29, 1.82) is 0 Å². The SMILES string of the molecule is CC.CC.CCC.CCC.CCC.CCO[Si](CCCNC(=O)Oc1ccccc1C)(OCC)OCC.Cc1ccc(C)c(OCC2CO2)c1.Cc1ccccc1OCC1CO1.Cc1ccccc1OCC1CO1. The Morgan fingerprint density at radius 2 is 0.824 bits per heavy atom. The van der Waals surface area contributed by atoms with Gasteiger partial charge < -0.3 is 51.8 Å². The zero-order chi connectivity index (χ0) is 56.0. The number of ether oxygens (including phenoxy) is 7. The van der Waals surface area contributed by atoms with Gasteiger partial charge in [0.15, 0.2) is 0 Å². The Morgan fingerprint density at radius 3 is 1.16 bits per heavy atom. The van der Waals surface area contributed by atoms with Crippen LogP contribution in [0.25, 0.3) is 0 Å². The first-order valence-corrected chi connectivity index (χ1v) is 29.6. The lowest BCUT2D eigenvalue weighted by molar-refractivity contribution is 0.0707. The highest BCUT2D eigenvalue weighted by Gasteiger charge is 2.39. The Hall–Kier alpha value is -4.47. The summed E-state index contributed by atoms with van der Waals surface area (Å²) in [5, 5.41) is 2.75. The van der Waals surface area contributed by atoms with Gasteiger partial charge in [-0.05, 0) is 114 Å². The molecule has 0 radical (unpaired) electrons. The average molecular weight is 1050 g/mol. The summed E-state index contributed by atoms with van der Waals surface area (Å²) >= 11 is 0. The van der Waals surface area contributed by atoms with Crippen LogP contribution < -0.4 is 24.3 Å². The molecule has 7 rings (SSSR count). The van der Waals surface area contributed by atoms with Gasteiger partial charge in [0.25, 0.3) is 0 Å². The number of hydrogen-bond acceptors (Lipinski definition) is 11. The van der Waals surface area contributed by atoms with Gasteiger partial charge in [0, 0.05) is 32.4 Å². The normalized spacial score (nSPS) is 14.8. The number of epoxide rings is 3. The number of amides is 1. The summed E-state index contributed by atoms with van der Waals surface area (Å²) in [5.41, 5.74) is 5.70. The first-order chi connectivity index (χ1) is 35.8. The summed E-state index contributed by atoms with van der Waals surface area (Å²) in [4.78, 5) is 11.9. The van der Waals surface area contributed by atoms with E-state index in [-0.39, 0.29) is 0 Å². The van der Waals surface area contributed by atoms with Gasteiger partial charge in [0.2, 0.25) is 0 Å². The molecule has 1 amide bonds. The Balaban J connectivity index is 0. The molecule has 3 aliphatic heterocycles. The second-order valence-electron chi connectivity index (χ2n) is 16.9. The molecule has 3 fully saturated rings. The van der Waals surface area contributed by atoms with Crippen LogP contribution >= 0.6 is 0 Å². The summed E-state index contributed by atoms with van der Waals surface area (Å²) in [7, 11) is -2.64. The molecule has 422 valence electrons. The van der Waals surface area contributed by atoms with Gasteiger partial charge in [0.1, 0.15) is 61.1 Å². The predicted molar refractivity (Wildman–Crippen MR) is 310 cm³/mol. The maximum absolute atomic E-state index is 11.9. The highest BCUT2D eigenvalue weighted by Crippen LogP contribution is 2.23. The van der Waals surface area contributed by atoms with Crippen molar-refractivity contribution >= 4 is 14.9 Å². The smallest absolute Gasteiger partial charge is 0.491 e. The molecule has 3 unspecified atom stereocenters. The molecule has 0 spiro atoms. The summed E-state index contributed by atoms with van der Waals surface area (Å²) in [5.74, 6) is 3.48. The van der Waals surface area contributed by atoms with Crippen LogP contribution in [0.5, 0.6) is 23.0 Å². The maximum Gasteiger partial charge on any atom is 0.500 e. The molecule has 4 aromatic rings. The van der Waals surface area contributed by atoms with E-state index in [4.69, 9.17) is 46.4 Å². The third-order valence-corrected chi connectivity index (χ3v) is 12.5. The van der Waals surface area contributed by atoms with Gasteiger partial charge in [-0.3, -0.25) is 0 Å². The number of nitrogens with one attached hydrogen (secondary N) is 1. The van der Waals surface area contributed by atoms with Crippen molar-refractivity contribution in [3.05, 3.63) is 119 Å². The Kier molecular flexibility index (Phi) is 45.5. The van der Waals surface area contributed by atoms with E-state index in [2.05, 4.69) is 78.9 Å². The molecule has 0 bridgehead atoms. The van der Waals surface area contributed by atoms with Crippen LogP contribution in [-0.4, -0.2) is 99.2 Å². The van der Waals surface area contributed by atoms with Crippen molar-refractivity contribution in [3.8, 4) is 23.0 Å². The van der Waals surface area contributed by atoms with Gasteiger partial charge in [-0.2, -0.15) is 0 Å². The lowest BCUT2D eigenvalue weighted by Crippen LogP contribution is -2.46. The van der Waals surface area contributed by atoms with E-state index in [9.17, 15) is 4.79 Å². The van der Waals surface area contributed by atoms with Crippen LogP contribution in [0, 0.1) is 34.6 Å². The summed E-state index contributed by atoms with van der Waals surface area (Å²) in [6.45, 7) is 43.4. The molecular weight excluding hydrogens is 951 g/mol. The third kappa shape index (κ3) is 37.3. The molecule has 3 heterocycles. The van der Waals surface area contributed by atoms with Crippen molar-refractivity contribution in [2.45, 2.75) is 175 Å². The topological polar surface area (TPSA) is 131 Å². The van der Waals surface area contributed by atoms with E-state index in [1.54, 1.807) is 6.07 Å². The van der Waals surface area contributed by atoms with Crippen molar-refractivity contribution in [1.82, 2.24) is 5.32 Å². The van der Waals surface area contributed by atoms with E-state index >= 15 is 0 Å². The predicted octanol–water partition coefficient (Wildman–Crippen LogP) is 15.4. The standard InChI is InChI=1S/C17H29NO5Si.C11H14O2.2C10H12O2.3C3H8.2C2H6/c1-5-20-24(21-6-2,22-7-3)14-10-13-18-17(19)23-16-12-9-8-11-15(16)4;1-8-3-4-9(2)11(5-8)13-7-10-6-12-10;2*1-8-4-2-3-5-10(8)12-7-9-6-11-9;3*1-3-2;2*1-2/h8-9,11-12H,5-7,10,13-14H2,1-4H3,(H,18,19);3-5,10H,6-7H2,1-2H3;2*2-5,9H,6-7H2,1H3;3*3H2,1-2H3;2*1-2H3. The summed E-state index contributed by atoms with van der Waals surface area (Å²) in [6.07, 6.45) is 5.00. The van der Waals surface area contributed by atoms with E-state index < -0.39 is 14.9 Å². The number of benzene rings is 4. The first kappa shape index (κ1) is 71.6. The molecular formula is C61H103NO11Si. The minimum atomic E-state index is -2.64. The van der Waals surface area contributed by atoms with Crippen LogP contribution in [0.2, 0.25) is 6.04 Å². The number of para-hydroxylation sites is 3. The van der Waals surface area contributed by atoms with Crippen molar-refractivity contribution in [2.24, 2.45) is 0 Å². The molecule has 4 aromatic carbocycles. The minimum Gasteiger partial charge on any atom is -0.491 e. The molecule has 0 aromatic heterocycles. The van der Waals surface area contributed by atoms with Gasteiger partial charge in [-0.1, -0.05) is 155 Å². The molecule has 0 saturated carbocycles. The molecule has 3 saturated heterocycles. The molecule has 12 nitrogen and oxygen atoms in total. The van der Waals surface area contributed by atoms with E-state index in [1.807, 2.05) is 136 Å². The second-order valence-corrected chi connectivity index (χ2v) is 19.6. The third-order valence-electron chi connectivity index (χ3n) is 9.33. The zero-order valence-electron chi connectivity index (χ0n) is 49.5. The first-order valence-electron chi connectivity index (χ1n) is 27.6. The van der Waals surface area contributed by atoms with Crippen LogP contribution in [0.15, 0.2) is 91.0 Å². The fourth-order valence-corrected chi connectivity index (χ4v) is 8.26. The van der Waals surface area contributed by atoms with E-state index in [0.717, 1.165) is 42.6 Å².